The first-order valence-electron chi connectivity index (χ1n) is 14.0. The topological polar surface area (TPSA) is 85.6 Å². The third-order valence-corrected chi connectivity index (χ3v) is 8.98. The number of hydrogen-bond donors (Lipinski definition) is 0. The summed E-state index contributed by atoms with van der Waals surface area (Å²) in [7, 11) is 1.60. The van der Waals surface area contributed by atoms with E-state index < -0.39 is 6.17 Å². The van der Waals surface area contributed by atoms with E-state index >= 15 is 0 Å². The lowest BCUT2D eigenvalue weighted by Crippen LogP contribution is -2.55. The number of hydrogen-bond acceptors (Lipinski definition) is 7. The van der Waals surface area contributed by atoms with E-state index in [2.05, 4.69) is 35.2 Å². The number of aromatic nitrogens is 2. The van der Waals surface area contributed by atoms with Gasteiger partial charge >= 0.3 is 6.01 Å². The number of benzene rings is 1. The molecule has 39 heavy (non-hydrogen) atoms. The molecule has 0 saturated carbocycles. The minimum atomic E-state index is -0.757. The third-order valence-electron chi connectivity index (χ3n) is 8.98. The average molecular weight is 531 g/mol. The van der Waals surface area contributed by atoms with E-state index in [4.69, 9.17) is 14.7 Å². The molecule has 2 saturated heterocycles. The number of anilines is 1. The summed E-state index contributed by atoms with van der Waals surface area (Å²) in [4.78, 5) is 28.6. The molecule has 2 aliphatic carbocycles. The summed E-state index contributed by atoms with van der Waals surface area (Å²) in [5, 5.41) is 9.55. The Hall–Kier alpha value is -3.51. The minimum absolute atomic E-state index is 0.101. The Morgan fingerprint density at radius 2 is 2.03 bits per heavy atom. The summed E-state index contributed by atoms with van der Waals surface area (Å²) in [6, 6.07) is 11.2. The lowest BCUT2D eigenvalue weighted by molar-refractivity contribution is -0.128. The first-order valence-corrected chi connectivity index (χ1v) is 14.0. The number of methoxy groups -OCH3 is 1. The number of fused-ring (bicyclic) bond motifs is 3. The van der Waals surface area contributed by atoms with Gasteiger partial charge < -0.3 is 14.5 Å². The third kappa shape index (κ3) is 4.87. The number of likely N-dealkylation sites (tertiary alicyclic amines) is 1. The molecule has 2 atom stereocenters. The van der Waals surface area contributed by atoms with Crippen molar-refractivity contribution in [3.8, 4) is 12.1 Å². The summed E-state index contributed by atoms with van der Waals surface area (Å²) in [6.07, 6.45) is 7.93. The predicted octanol–water partition coefficient (Wildman–Crippen LogP) is 3.00. The Kier molecular flexibility index (Phi) is 6.98. The van der Waals surface area contributed by atoms with Crippen LogP contribution in [0.25, 0.3) is 0 Å². The fraction of sp³-hybridized carbons (Fsp3) is 0.533. The molecule has 204 valence electrons. The van der Waals surface area contributed by atoms with Crippen molar-refractivity contribution in [1.82, 2.24) is 19.8 Å². The smallest absolute Gasteiger partial charge is 0.318 e. The molecule has 1 aromatic carbocycles. The highest BCUT2D eigenvalue weighted by atomic mass is 19.1. The zero-order chi connectivity index (χ0) is 27.0. The number of halogens is 1. The molecular weight excluding hydrogens is 495 g/mol. The van der Waals surface area contributed by atoms with Crippen LogP contribution in [0.1, 0.15) is 41.6 Å². The van der Waals surface area contributed by atoms with Gasteiger partial charge in [-0.3, -0.25) is 9.69 Å². The number of nitriles is 1. The summed E-state index contributed by atoms with van der Waals surface area (Å²) >= 11 is 0. The molecule has 6 rings (SSSR count). The minimum Gasteiger partial charge on any atom is -0.467 e. The van der Waals surface area contributed by atoms with Crippen LogP contribution in [0.4, 0.5) is 10.2 Å². The lowest BCUT2D eigenvalue weighted by Gasteiger charge is -2.42. The second-order valence-electron chi connectivity index (χ2n) is 11.3. The van der Waals surface area contributed by atoms with E-state index in [1.54, 1.807) is 24.2 Å². The van der Waals surface area contributed by atoms with E-state index in [0.29, 0.717) is 45.3 Å². The van der Waals surface area contributed by atoms with Crippen LogP contribution in [0.3, 0.4) is 0 Å². The van der Waals surface area contributed by atoms with Crippen molar-refractivity contribution >= 4 is 11.7 Å². The molecule has 1 amide bonds. The van der Waals surface area contributed by atoms with Crippen LogP contribution in [-0.2, 0) is 29.5 Å². The van der Waals surface area contributed by atoms with Gasteiger partial charge in [0.05, 0.1) is 31.3 Å². The first-order chi connectivity index (χ1) is 19.0. The largest absolute Gasteiger partial charge is 0.467 e. The standard InChI is InChI=1S/C30H35FN6O2/c1-39-29-33-26-17-30(11-8-21-5-2-3-6-25(21)30)12-9-24(26)28(34-29)36-15-16-37(23(20-36)10-13-32)27(38)7-4-14-35-18-22(31)19-35/h2-7,22-23H,8-12,14-20H2,1H3/b7-4+. The lowest BCUT2D eigenvalue weighted by atomic mass is 9.69. The predicted molar refractivity (Wildman–Crippen MR) is 145 cm³/mol. The number of carbonyl (C=O) groups is 1. The van der Waals surface area contributed by atoms with Gasteiger partial charge in [-0.05, 0) is 43.2 Å². The van der Waals surface area contributed by atoms with Crippen LogP contribution in [0, 0.1) is 11.3 Å². The molecule has 1 aromatic heterocycles. The van der Waals surface area contributed by atoms with Gasteiger partial charge in [0.2, 0.25) is 5.91 Å². The summed E-state index contributed by atoms with van der Waals surface area (Å²) in [5.41, 5.74) is 5.25. The normalized spacial score (nSPS) is 24.9. The van der Waals surface area contributed by atoms with Crippen molar-refractivity contribution < 1.29 is 13.9 Å². The van der Waals surface area contributed by atoms with Crippen molar-refractivity contribution in [2.75, 3.05) is 51.3 Å². The van der Waals surface area contributed by atoms with Gasteiger partial charge in [0, 0.05) is 56.3 Å². The first kappa shape index (κ1) is 25.8. The maximum Gasteiger partial charge on any atom is 0.318 e. The van der Waals surface area contributed by atoms with E-state index in [1.165, 1.54) is 16.7 Å². The fourth-order valence-electron chi connectivity index (χ4n) is 6.90. The van der Waals surface area contributed by atoms with Crippen LogP contribution >= 0.6 is 0 Å². The quantitative estimate of drug-likeness (QED) is 0.531. The molecule has 3 heterocycles. The van der Waals surface area contributed by atoms with Gasteiger partial charge in [-0.25, -0.2) is 4.39 Å². The maximum atomic E-state index is 13.1. The highest BCUT2D eigenvalue weighted by Gasteiger charge is 2.43. The molecule has 2 unspecified atom stereocenters. The van der Waals surface area contributed by atoms with Crippen molar-refractivity contribution in [3.05, 3.63) is 58.8 Å². The van der Waals surface area contributed by atoms with Crippen molar-refractivity contribution in [3.63, 3.8) is 0 Å². The van der Waals surface area contributed by atoms with Crippen molar-refractivity contribution in [1.29, 1.82) is 5.26 Å². The molecular formula is C30H35FN6O2. The number of nitrogens with zero attached hydrogens (tertiary/aromatic N) is 6. The Balaban J connectivity index is 1.21. The molecule has 2 fully saturated rings. The Morgan fingerprint density at radius 1 is 1.21 bits per heavy atom. The summed E-state index contributed by atoms with van der Waals surface area (Å²) in [5.74, 6) is 0.776. The Labute approximate surface area is 229 Å². The second kappa shape index (κ2) is 10.6. The zero-order valence-corrected chi connectivity index (χ0v) is 22.5. The van der Waals surface area contributed by atoms with E-state index in [9.17, 15) is 14.4 Å². The van der Waals surface area contributed by atoms with Crippen LogP contribution in [0.15, 0.2) is 36.4 Å². The fourth-order valence-corrected chi connectivity index (χ4v) is 6.90. The van der Waals surface area contributed by atoms with Crippen LogP contribution in [0.5, 0.6) is 6.01 Å². The molecule has 8 nitrogen and oxygen atoms in total. The maximum absolute atomic E-state index is 13.1. The molecule has 2 aliphatic heterocycles. The monoisotopic (exact) mass is 530 g/mol. The molecule has 1 spiro atoms. The van der Waals surface area contributed by atoms with Crippen molar-refractivity contribution in [2.24, 2.45) is 0 Å². The number of piperazine rings is 1. The number of amides is 1. The van der Waals surface area contributed by atoms with Gasteiger partial charge in [-0.2, -0.15) is 15.2 Å². The van der Waals surface area contributed by atoms with Gasteiger partial charge in [0.25, 0.3) is 0 Å². The Bertz CT molecular complexity index is 1320. The molecule has 9 heteroatoms. The zero-order valence-electron chi connectivity index (χ0n) is 22.5. The number of ether oxygens (including phenoxy) is 1. The highest BCUT2D eigenvalue weighted by molar-refractivity contribution is 5.88. The molecule has 0 N–H and O–H groups in total. The molecule has 0 radical (unpaired) electrons. The molecule has 4 aliphatic rings. The number of rotatable bonds is 6. The van der Waals surface area contributed by atoms with Crippen molar-refractivity contribution in [2.45, 2.75) is 56.2 Å². The summed E-state index contributed by atoms with van der Waals surface area (Å²) < 4.78 is 18.6. The number of aryl methyl sites for hydroxylation is 1. The SMILES string of the molecule is COc1nc2c(c(N3CCN(C(=O)/C=C/CN4CC(F)C4)C(CC#N)C3)n1)CCC1(CCc3ccccc31)C2. The van der Waals surface area contributed by atoms with E-state index in [-0.39, 0.29) is 23.8 Å². The van der Waals surface area contributed by atoms with Crippen LogP contribution in [-0.4, -0.2) is 84.3 Å². The second-order valence-corrected chi connectivity index (χ2v) is 11.3. The number of alkyl halides is 1. The van der Waals surface area contributed by atoms with Crippen LogP contribution < -0.4 is 9.64 Å². The number of carbonyl (C=O) groups excluding carboxylic acids is 1. The highest BCUT2D eigenvalue weighted by Crippen LogP contribution is 2.48. The van der Waals surface area contributed by atoms with Gasteiger partial charge in [0.1, 0.15) is 12.0 Å². The molecule has 0 bridgehead atoms. The van der Waals surface area contributed by atoms with Gasteiger partial charge in [0.15, 0.2) is 0 Å². The Morgan fingerprint density at radius 3 is 2.82 bits per heavy atom. The average Bonchev–Trinajstić information content (AvgIpc) is 3.28. The van der Waals surface area contributed by atoms with E-state index in [0.717, 1.165) is 43.6 Å². The summed E-state index contributed by atoms with van der Waals surface area (Å²) in [6.45, 7) is 3.07. The van der Waals surface area contributed by atoms with Gasteiger partial charge in [-0.1, -0.05) is 30.3 Å². The van der Waals surface area contributed by atoms with E-state index in [1.807, 2.05) is 4.90 Å². The van der Waals surface area contributed by atoms with Gasteiger partial charge in [-0.15, -0.1) is 0 Å². The van der Waals surface area contributed by atoms with Crippen LogP contribution in [0.2, 0.25) is 0 Å². The molecule has 2 aromatic rings.